The maximum absolute atomic E-state index is 5.87. The van der Waals surface area contributed by atoms with Gasteiger partial charge in [0.2, 0.25) is 0 Å². The molecule has 0 radical (unpaired) electrons. The zero-order chi connectivity index (χ0) is 8.27. The molecular formula is C8H11ClN2. The van der Waals surface area contributed by atoms with E-state index in [1.54, 1.807) is 0 Å². The van der Waals surface area contributed by atoms with Crippen molar-refractivity contribution >= 4 is 17.3 Å². The zero-order valence-corrected chi connectivity index (χ0v) is 7.15. The normalized spacial score (nSPS) is 9.73. The van der Waals surface area contributed by atoms with Crippen molar-refractivity contribution in [2.45, 2.75) is 6.92 Å². The second kappa shape index (κ2) is 3.60. The summed E-state index contributed by atoms with van der Waals surface area (Å²) in [6.45, 7) is 2.39. The summed E-state index contributed by atoms with van der Waals surface area (Å²) in [5.41, 5.74) is 7.37. The Kier molecular flexibility index (Phi) is 2.74. The molecule has 0 bridgehead atoms. The molecule has 1 rings (SSSR count). The van der Waals surface area contributed by atoms with Crippen LogP contribution in [0, 0.1) is 6.92 Å². The number of halogens is 1. The summed E-state index contributed by atoms with van der Waals surface area (Å²) in [5, 5.41) is 3.78. The van der Waals surface area contributed by atoms with Gasteiger partial charge in [0.25, 0.3) is 0 Å². The van der Waals surface area contributed by atoms with Crippen LogP contribution in [0.25, 0.3) is 0 Å². The van der Waals surface area contributed by atoms with Crippen LogP contribution < -0.4 is 11.1 Å². The quantitative estimate of drug-likeness (QED) is 0.667. The average molecular weight is 171 g/mol. The van der Waals surface area contributed by atoms with E-state index in [2.05, 4.69) is 5.32 Å². The number of nitrogens with two attached hydrogens (primary N) is 1. The maximum Gasteiger partial charge on any atom is 0.0628 e. The lowest BCUT2D eigenvalue weighted by atomic mass is 10.2. The van der Waals surface area contributed by atoms with Crippen molar-refractivity contribution in [3.05, 3.63) is 28.8 Å². The molecular weight excluding hydrogens is 160 g/mol. The van der Waals surface area contributed by atoms with Gasteiger partial charge >= 0.3 is 0 Å². The summed E-state index contributed by atoms with van der Waals surface area (Å²) < 4.78 is 0. The van der Waals surface area contributed by atoms with E-state index in [1.807, 2.05) is 25.1 Å². The highest BCUT2D eigenvalue weighted by Gasteiger charge is 1.98. The van der Waals surface area contributed by atoms with Crippen LogP contribution in [0.5, 0.6) is 0 Å². The lowest BCUT2D eigenvalue weighted by Crippen LogP contribution is -2.11. The Bertz CT molecular complexity index is 248. The minimum atomic E-state index is 0.432. The second-order valence-corrected chi connectivity index (χ2v) is 2.70. The minimum Gasteiger partial charge on any atom is -0.372 e. The van der Waals surface area contributed by atoms with Crippen LogP contribution in [-0.4, -0.2) is 6.67 Å². The summed E-state index contributed by atoms with van der Waals surface area (Å²) in [4.78, 5) is 0. The van der Waals surface area contributed by atoms with Crippen LogP contribution in [0.4, 0.5) is 5.69 Å². The van der Waals surface area contributed by atoms with Gasteiger partial charge in [0.15, 0.2) is 0 Å². The second-order valence-electron chi connectivity index (χ2n) is 2.29. The molecule has 1 aromatic rings. The molecule has 0 saturated carbocycles. The third-order valence-corrected chi connectivity index (χ3v) is 1.97. The van der Waals surface area contributed by atoms with Crippen LogP contribution in [0.3, 0.4) is 0 Å². The molecule has 0 aliphatic rings. The Morgan fingerprint density at radius 1 is 1.55 bits per heavy atom. The van der Waals surface area contributed by atoms with E-state index in [9.17, 15) is 0 Å². The largest absolute Gasteiger partial charge is 0.372 e. The number of hydrogen-bond donors (Lipinski definition) is 2. The highest BCUT2D eigenvalue weighted by molar-refractivity contribution is 6.31. The molecule has 3 N–H and O–H groups in total. The fraction of sp³-hybridized carbons (Fsp3) is 0.250. The van der Waals surface area contributed by atoms with Gasteiger partial charge < -0.3 is 11.1 Å². The van der Waals surface area contributed by atoms with E-state index >= 15 is 0 Å². The highest BCUT2D eigenvalue weighted by Crippen LogP contribution is 2.22. The molecule has 0 heterocycles. The van der Waals surface area contributed by atoms with Gasteiger partial charge in [-0.2, -0.15) is 0 Å². The van der Waals surface area contributed by atoms with Crippen molar-refractivity contribution in [2.24, 2.45) is 5.73 Å². The van der Waals surface area contributed by atoms with Crippen molar-refractivity contribution in [3.8, 4) is 0 Å². The van der Waals surface area contributed by atoms with Gasteiger partial charge in [-0.1, -0.05) is 17.7 Å². The van der Waals surface area contributed by atoms with Gasteiger partial charge in [-0.3, -0.25) is 0 Å². The lowest BCUT2D eigenvalue weighted by molar-refractivity contribution is 1.14. The Hall–Kier alpha value is -0.730. The molecule has 0 amide bonds. The van der Waals surface area contributed by atoms with E-state index in [0.29, 0.717) is 6.67 Å². The molecule has 1 aromatic carbocycles. The first-order chi connectivity index (χ1) is 5.25. The van der Waals surface area contributed by atoms with Gasteiger partial charge in [-0.15, -0.1) is 0 Å². The Balaban J connectivity index is 2.96. The third-order valence-electron chi connectivity index (χ3n) is 1.56. The third kappa shape index (κ3) is 1.85. The van der Waals surface area contributed by atoms with Crippen molar-refractivity contribution in [1.29, 1.82) is 0 Å². The summed E-state index contributed by atoms with van der Waals surface area (Å²) in [5.74, 6) is 0. The average Bonchev–Trinajstić information content (AvgIpc) is 1.99. The van der Waals surface area contributed by atoms with Gasteiger partial charge in [0.1, 0.15) is 0 Å². The molecule has 0 aliphatic heterocycles. The van der Waals surface area contributed by atoms with Crippen molar-refractivity contribution in [1.82, 2.24) is 0 Å². The number of hydrogen-bond acceptors (Lipinski definition) is 2. The van der Waals surface area contributed by atoms with Crippen molar-refractivity contribution in [2.75, 3.05) is 12.0 Å². The van der Waals surface area contributed by atoms with Gasteiger partial charge in [-0.25, -0.2) is 0 Å². The summed E-state index contributed by atoms with van der Waals surface area (Å²) in [6.07, 6.45) is 0. The van der Waals surface area contributed by atoms with Crippen LogP contribution in [0.1, 0.15) is 5.56 Å². The number of benzene rings is 1. The zero-order valence-electron chi connectivity index (χ0n) is 6.39. The molecule has 0 aromatic heterocycles. The first-order valence-electron chi connectivity index (χ1n) is 3.44. The number of rotatable bonds is 2. The van der Waals surface area contributed by atoms with Crippen LogP contribution in [0.2, 0.25) is 5.02 Å². The van der Waals surface area contributed by atoms with Crippen molar-refractivity contribution in [3.63, 3.8) is 0 Å². The minimum absolute atomic E-state index is 0.432. The molecule has 0 aliphatic carbocycles. The monoisotopic (exact) mass is 170 g/mol. The fourth-order valence-corrected chi connectivity index (χ4v) is 1.08. The van der Waals surface area contributed by atoms with E-state index < -0.39 is 0 Å². The predicted octanol–water partition coefficient (Wildman–Crippen LogP) is 1.98. The topological polar surface area (TPSA) is 38.0 Å². The SMILES string of the molecule is Cc1c(Cl)cccc1NCN. The molecule has 2 nitrogen and oxygen atoms in total. The lowest BCUT2D eigenvalue weighted by Gasteiger charge is -2.07. The first-order valence-corrected chi connectivity index (χ1v) is 3.82. The number of anilines is 1. The smallest absolute Gasteiger partial charge is 0.0628 e. The fourth-order valence-electron chi connectivity index (χ4n) is 0.909. The summed E-state index contributed by atoms with van der Waals surface area (Å²) in [6, 6.07) is 5.71. The molecule has 3 heteroatoms. The molecule has 0 fully saturated rings. The Morgan fingerprint density at radius 2 is 2.27 bits per heavy atom. The standard InChI is InChI=1S/C8H11ClN2/c1-6-7(9)3-2-4-8(6)11-5-10/h2-4,11H,5,10H2,1H3. The van der Waals surface area contributed by atoms with Crippen LogP contribution >= 0.6 is 11.6 Å². The summed E-state index contributed by atoms with van der Waals surface area (Å²) in [7, 11) is 0. The van der Waals surface area contributed by atoms with Gasteiger partial charge in [-0.05, 0) is 24.6 Å². The Morgan fingerprint density at radius 3 is 2.91 bits per heavy atom. The molecule has 0 saturated heterocycles. The van der Waals surface area contributed by atoms with Crippen LogP contribution in [-0.2, 0) is 0 Å². The Labute approximate surface area is 71.4 Å². The molecule has 0 spiro atoms. The molecule has 0 atom stereocenters. The van der Waals surface area contributed by atoms with Gasteiger partial charge in [0, 0.05) is 10.7 Å². The van der Waals surface area contributed by atoms with Crippen LogP contribution in [0.15, 0.2) is 18.2 Å². The first kappa shape index (κ1) is 8.37. The van der Waals surface area contributed by atoms with Gasteiger partial charge in [0.05, 0.1) is 6.67 Å². The molecule has 11 heavy (non-hydrogen) atoms. The highest BCUT2D eigenvalue weighted by atomic mass is 35.5. The van der Waals surface area contributed by atoms with Crippen molar-refractivity contribution < 1.29 is 0 Å². The number of nitrogens with one attached hydrogen (secondary N) is 1. The van der Waals surface area contributed by atoms with E-state index in [4.69, 9.17) is 17.3 Å². The molecule has 0 unspecified atom stereocenters. The predicted molar refractivity (Wildman–Crippen MR) is 48.9 cm³/mol. The maximum atomic E-state index is 5.87. The van der Waals surface area contributed by atoms with E-state index in [-0.39, 0.29) is 0 Å². The van der Waals surface area contributed by atoms with E-state index in [0.717, 1.165) is 16.3 Å². The molecule has 60 valence electrons. The summed E-state index contributed by atoms with van der Waals surface area (Å²) >= 11 is 5.87. The van der Waals surface area contributed by atoms with E-state index in [1.165, 1.54) is 0 Å².